The van der Waals surface area contributed by atoms with E-state index in [1.54, 1.807) is 0 Å². The van der Waals surface area contributed by atoms with E-state index in [1.165, 1.54) is 24.0 Å². The number of H-pyrrole nitrogens is 1. The lowest BCUT2D eigenvalue weighted by Gasteiger charge is -2.23. The van der Waals surface area contributed by atoms with Crippen molar-refractivity contribution in [2.24, 2.45) is 0 Å². The van der Waals surface area contributed by atoms with Crippen LogP contribution in [0.3, 0.4) is 0 Å². The number of nitrogens with one attached hydrogen (secondary N) is 1. The van der Waals surface area contributed by atoms with E-state index in [2.05, 4.69) is 38.3 Å². The molecule has 3 aromatic rings. The molecule has 3 heterocycles. The molecule has 0 radical (unpaired) electrons. The number of hydrogen-bond donors (Lipinski definition) is 1. The SMILES string of the molecule is Cc1ccc2c(c1)CCC(c1nc(-c3n[nH]c(C4CC4)n3)no1)O2. The number of aryl methyl sites for hydroxylation is 2. The molecule has 2 aliphatic rings. The first kappa shape index (κ1) is 13.7. The molecule has 0 spiro atoms. The van der Waals surface area contributed by atoms with E-state index in [0.29, 0.717) is 23.5 Å². The van der Waals surface area contributed by atoms with Crippen LogP contribution in [0, 0.1) is 6.92 Å². The quantitative estimate of drug-likeness (QED) is 0.796. The smallest absolute Gasteiger partial charge is 0.268 e. The predicted octanol–water partition coefficient (Wildman–Crippen LogP) is 3.11. The van der Waals surface area contributed by atoms with Crippen molar-refractivity contribution in [2.75, 3.05) is 0 Å². The molecule has 1 saturated carbocycles. The molecule has 122 valence electrons. The highest BCUT2D eigenvalue weighted by atomic mass is 16.5. The van der Waals surface area contributed by atoms with E-state index in [1.807, 2.05) is 12.1 Å². The largest absolute Gasteiger partial charge is 0.480 e. The topological polar surface area (TPSA) is 89.7 Å². The van der Waals surface area contributed by atoms with Gasteiger partial charge in [-0.3, -0.25) is 5.10 Å². The van der Waals surface area contributed by atoms with Gasteiger partial charge in [-0.2, -0.15) is 4.98 Å². The monoisotopic (exact) mass is 323 g/mol. The molecule has 24 heavy (non-hydrogen) atoms. The second kappa shape index (κ2) is 5.15. The molecule has 1 unspecified atom stereocenters. The molecule has 1 aliphatic carbocycles. The van der Waals surface area contributed by atoms with Gasteiger partial charge in [0.15, 0.2) is 6.10 Å². The van der Waals surface area contributed by atoms with Crippen LogP contribution in [-0.2, 0) is 6.42 Å². The van der Waals surface area contributed by atoms with Gasteiger partial charge in [-0.15, -0.1) is 5.10 Å². The van der Waals surface area contributed by atoms with Crippen LogP contribution in [0.5, 0.6) is 5.75 Å². The molecule has 1 fully saturated rings. The van der Waals surface area contributed by atoms with Crippen LogP contribution in [0.15, 0.2) is 22.7 Å². The Kier molecular flexibility index (Phi) is 2.95. The van der Waals surface area contributed by atoms with Gasteiger partial charge in [-0.1, -0.05) is 22.9 Å². The van der Waals surface area contributed by atoms with E-state index in [4.69, 9.17) is 9.26 Å². The maximum absolute atomic E-state index is 6.03. The van der Waals surface area contributed by atoms with Crippen LogP contribution in [0.2, 0.25) is 0 Å². The molecule has 5 rings (SSSR count). The number of aromatic amines is 1. The average molecular weight is 323 g/mol. The lowest BCUT2D eigenvalue weighted by molar-refractivity contribution is 0.135. The number of hydrogen-bond acceptors (Lipinski definition) is 6. The second-order valence-electron chi connectivity index (χ2n) is 6.53. The Labute approximate surface area is 138 Å². The Morgan fingerprint density at radius 2 is 2.04 bits per heavy atom. The van der Waals surface area contributed by atoms with Crippen LogP contribution in [0.4, 0.5) is 0 Å². The number of nitrogens with zero attached hydrogens (tertiary/aromatic N) is 4. The fraction of sp³-hybridized carbons (Fsp3) is 0.412. The normalized spacial score (nSPS) is 19.8. The summed E-state index contributed by atoms with van der Waals surface area (Å²) in [5.41, 5.74) is 2.47. The van der Waals surface area contributed by atoms with E-state index >= 15 is 0 Å². The van der Waals surface area contributed by atoms with E-state index in [0.717, 1.165) is 24.4 Å². The van der Waals surface area contributed by atoms with Gasteiger partial charge in [0.05, 0.1) is 0 Å². The molecule has 0 amide bonds. The zero-order chi connectivity index (χ0) is 16.1. The molecule has 1 aromatic carbocycles. The summed E-state index contributed by atoms with van der Waals surface area (Å²) in [6, 6.07) is 6.22. The van der Waals surface area contributed by atoms with Gasteiger partial charge in [0, 0.05) is 5.92 Å². The molecule has 1 atom stereocenters. The minimum absolute atomic E-state index is 0.219. The Balaban J connectivity index is 1.38. The fourth-order valence-electron chi connectivity index (χ4n) is 3.06. The number of rotatable bonds is 3. The number of ether oxygens (including phenoxy) is 1. The minimum Gasteiger partial charge on any atom is -0.480 e. The van der Waals surface area contributed by atoms with Crippen molar-refractivity contribution in [3.05, 3.63) is 41.0 Å². The third-order valence-corrected chi connectivity index (χ3v) is 4.55. The molecular formula is C17H17N5O2. The van der Waals surface area contributed by atoms with Crippen LogP contribution >= 0.6 is 0 Å². The molecule has 0 bridgehead atoms. The van der Waals surface area contributed by atoms with Crippen molar-refractivity contribution in [2.45, 2.75) is 44.6 Å². The Morgan fingerprint density at radius 3 is 2.92 bits per heavy atom. The summed E-state index contributed by atoms with van der Waals surface area (Å²) < 4.78 is 11.4. The van der Waals surface area contributed by atoms with Crippen molar-refractivity contribution in [3.8, 4) is 17.4 Å². The zero-order valence-corrected chi connectivity index (χ0v) is 13.3. The summed E-state index contributed by atoms with van der Waals surface area (Å²) in [6.07, 6.45) is 3.87. The van der Waals surface area contributed by atoms with Gasteiger partial charge in [0.25, 0.3) is 5.89 Å². The van der Waals surface area contributed by atoms with Crippen molar-refractivity contribution in [3.63, 3.8) is 0 Å². The Morgan fingerprint density at radius 1 is 1.12 bits per heavy atom. The zero-order valence-electron chi connectivity index (χ0n) is 13.3. The summed E-state index contributed by atoms with van der Waals surface area (Å²) in [7, 11) is 0. The van der Waals surface area contributed by atoms with Crippen molar-refractivity contribution >= 4 is 0 Å². The highest BCUT2D eigenvalue weighted by molar-refractivity contribution is 5.42. The Hall–Kier alpha value is -2.70. The lowest BCUT2D eigenvalue weighted by Crippen LogP contribution is -2.15. The maximum atomic E-state index is 6.03. The van der Waals surface area contributed by atoms with Gasteiger partial charge in [-0.25, -0.2) is 4.98 Å². The summed E-state index contributed by atoms with van der Waals surface area (Å²) in [5, 5.41) is 11.2. The first-order chi connectivity index (χ1) is 11.8. The van der Waals surface area contributed by atoms with Crippen LogP contribution < -0.4 is 4.74 Å². The van der Waals surface area contributed by atoms with Crippen molar-refractivity contribution < 1.29 is 9.26 Å². The molecule has 7 heteroatoms. The van der Waals surface area contributed by atoms with Gasteiger partial charge < -0.3 is 9.26 Å². The standard InChI is InChI=1S/C17H17N5O2/c1-9-2-6-12-11(8-9)5-7-13(23-12)17-19-16(22-24-17)15-18-14(20-21-15)10-3-4-10/h2,6,8,10,13H,3-5,7H2,1H3,(H,18,20,21). The van der Waals surface area contributed by atoms with Crippen LogP contribution in [0.1, 0.15) is 54.1 Å². The first-order valence-electron chi connectivity index (χ1n) is 8.29. The molecular weight excluding hydrogens is 306 g/mol. The third-order valence-electron chi connectivity index (χ3n) is 4.55. The highest BCUT2D eigenvalue weighted by Gasteiger charge is 2.30. The third kappa shape index (κ3) is 2.36. The first-order valence-corrected chi connectivity index (χ1v) is 8.29. The van der Waals surface area contributed by atoms with Crippen molar-refractivity contribution in [1.82, 2.24) is 25.3 Å². The second-order valence-corrected chi connectivity index (χ2v) is 6.53. The number of aromatic nitrogens is 5. The summed E-state index contributed by atoms with van der Waals surface area (Å²) in [5.74, 6) is 3.69. The summed E-state index contributed by atoms with van der Waals surface area (Å²) in [4.78, 5) is 8.89. The van der Waals surface area contributed by atoms with Crippen LogP contribution in [0.25, 0.3) is 11.6 Å². The summed E-state index contributed by atoms with van der Waals surface area (Å²) in [6.45, 7) is 2.09. The number of fused-ring (bicyclic) bond motifs is 1. The van der Waals surface area contributed by atoms with Gasteiger partial charge in [0.1, 0.15) is 11.6 Å². The van der Waals surface area contributed by atoms with Gasteiger partial charge >= 0.3 is 0 Å². The fourth-order valence-corrected chi connectivity index (χ4v) is 3.06. The Bertz CT molecular complexity index is 896. The molecule has 1 N–H and O–H groups in total. The molecule has 7 nitrogen and oxygen atoms in total. The predicted molar refractivity (Wildman–Crippen MR) is 84.5 cm³/mol. The lowest BCUT2D eigenvalue weighted by atomic mass is 10.0. The molecule has 2 aromatic heterocycles. The van der Waals surface area contributed by atoms with Crippen LogP contribution in [-0.4, -0.2) is 25.3 Å². The minimum atomic E-state index is -0.219. The maximum Gasteiger partial charge on any atom is 0.268 e. The van der Waals surface area contributed by atoms with E-state index < -0.39 is 0 Å². The van der Waals surface area contributed by atoms with Crippen molar-refractivity contribution in [1.29, 1.82) is 0 Å². The number of benzene rings is 1. The van der Waals surface area contributed by atoms with E-state index in [-0.39, 0.29) is 6.10 Å². The molecule has 0 saturated heterocycles. The van der Waals surface area contributed by atoms with Gasteiger partial charge in [-0.05, 0) is 44.2 Å². The van der Waals surface area contributed by atoms with E-state index in [9.17, 15) is 0 Å². The highest BCUT2D eigenvalue weighted by Crippen LogP contribution is 2.38. The van der Waals surface area contributed by atoms with Gasteiger partial charge in [0.2, 0.25) is 11.6 Å². The average Bonchev–Trinajstić information content (AvgIpc) is 3.12. The summed E-state index contributed by atoms with van der Waals surface area (Å²) >= 11 is 0. The molecule has 1 aliphatic heterocycles.